The second-order valence-electron chi connectivity index (χ2n) is 8.24. The summed E-state index contributed by atoms with van der Waals surface area (Å²) in [6, 6.07) is 1.37. The quantitative estimate of drug-likeness (QED) is 0.837. The number of hydrogen-bond acceptors (Lipinski definition) is 3. The number of fused-ring (bicyclic) bond motifs is 3. The van der Waals surface area contributed by atoms with Crippen LogP contribution in [-0.4, -0.2) is 49.3 Å². The normalized spacial score (nSPS) is 42.8. The van der Waals surface area contributed by atoms with Crippen LogP contribution in [0.1, 0.15) is 47.0 Å². The Bertz CT molecular complexity index is 334. The van der Waals surface area contributed by atoms with E-state index >= 15 is 0 Å². The van der Waals surface area contributed by atoms with Crippen LogP contribution in [0.5, 0.6) is 0 Å². The zero-order chi connectivity index (χ0) is 14.3. The summed E-state index contributed by atoms with van der Waals surface area (Å²) in [5.41, 5.74) is 0.293. The Morgan fingerprint density at radius 3 is 2.45 bits per heavy atom. The zero-order valence-corrected chi connectivity index (χ0v) is 13.7. The topological polar surface area (TPSA) is 24.5 Å². The highest BCUT2D eigenvalue weighted by atomic mass is 16.5. The van der Waals surface area contributed by atoms with Crippen molar-refractivity contribution in [2.75, 3.05) is 26.2 Å². The lowest BCUT2D eigenvalue weighted by Crippen LogP contribution is -2.67. The van der Waals surface area contributed by atoms with Crippen molar-refractivity contribution < 1.29 is 4.74 Å². The molecule has 3 heteroatoms. The summed E-state index contributed by atoms with van der Waals surface area (Å²) in [7, 11) is 0. The molecule has 1 N–H and O–H groups in total. The maximum absolute atomic E-state index is 6.09. The molecule has 0 spiro atoms. The van der Waals surface area contributed by atoms with Crippen molar-refractivity contribution >= 4 is 0 Å². The molecule has 3 nitrogen and oxygen atoms in total. The van der Waals surface area contributed by atoms with Gasteiger partial charge < -0.3 is 15.0 Å². The lowest BCUT2D eigenvalue weighted by molar-refractivity contribution is -0.130. The molecule has 3 saturated heterocycles. The maximum atomic E-state index is 6.09. The summed E-state index contributed by atoms with van der Waals surface area (Å²) >= 11 is 0. The molecule has 3 heterocycles. The van der Waals surface area contributed by atoms with Gasteiger partial charge in [-0.15, -0.1) is 0 Å². The molecular weight excluding hydrogens is 248 g/mol. The first-order valence-corrected chi connectivity index (χ1v) is 8.57. The number of nitrogens with zero attached hydrogens (tertiary/aromatic N) is 1. The Labute approximate surface area is 124 Å². The van der Waals surface area contributed by atoms with Crippen molar-refractivity contribution in [3.8, 4) is 0 Å². The van der Waals surface area contributed by atoms with Crippen LogP contribution >= 0.6 is 0 Å². The Morgan fingerprint density at radius 2 is 1.95 bits per heavy atom. The summed E-state index contributed by atoms with van der Waals surface area (Å²) in [4.78, 5) is 2.63. The lowest BCUT2D eigenvalue weighted by atomic mass is 9.63. The van der Waals surface area contributed by atoms with Crippen LogP contribution in [0, 0.1) is 17.3 Å². The van der Waals surface area contributed by atoms with Gasteiger partial charge in [0.15, 0.2) is 0 Å². The third-order valence-electron chi connectivity index (χ3n) is 5.88. The maximum Gasteiger partial charge on any atom is 0.0656 e. The second-order valence-corrected chi connectivity index (χ2v) is 8.24. The fourth-order valence-electron chi connectivity index (χ4n) is 4.17. The van der Waals surface area contributed by atoms with E-state index in [4.69, 9.17) is 4.74 Å². The Morgan fingerprint density at radius 1 is 1.25 bits per heavy atom. The average Bonchev–Trinajstić information content (AvgIpc) is 2.43. The van der Waals surface area contributed by atoms with Gasteiger partial charge in [0.1, 0.15) is 0 Å². The molecule has 0 radical (unpaired) electrons. The van der Waals surface area contributed by atoms with Gasteiger partial charge in [-0.05, 0) is 44.2 Å². The first-order valence-electron chi connectivity index (χ1n) is 8.57. The predicted molar refractivity (Wildman–Crippen MR) is 82.9 cm³/mol. The van der Waals surface area contributed by atoms with E-state index in [1.165, 1.54) is 38.9 Å². The van der Waals surface area contributed by atoms with Gasteiger partial charge in [0.2, 0.25) is 0 Å². The highest BCUT2D eigenvalue weighted by Gasteiger charge is 2.50. The van der Waals surface area contributed by atoms with E-state index in [2.05, 4.69) is 37.9 Å². The van der Waals surface area contributed by atoms with E-state index in [-0.39, 0.29) is 0 Å². The summed E-state index contributed by atoms with van der Waals surface area (Å²) in [5, 5.41) is 3.97. The van der Waals surface area contributed by atoms with Gasteiger partial charge in [-0.3, -0.25) is 0 Å². The number of nitrogens with one attached hydrogen (secondary N) is 1. The molecule has 4 rings (SSSR count). The molecule has 0 aromatic rings. The monoisotopic (exact) mass is 280 g/mol. The Kier molecular flexibility index (Phi) is 4.13. The third kappa shape index (κ3) is 2.77. The molecule has 0 aromatic carbocycles. The highest BCUT2D eigenvalue weighted by Crippen LogP contribution is 2.44. The summed E-state index contributed by atoms with van der Waals surface area (Å²) < 4.78 is 6.09. The van der Waals surface area contributed by atoms with Crippen LogP contribution in [0.4, 0.5) is 0 Å². The number of piperidine rings is 3. The zero-order valence-electron chi connectivity index (χ0n) is 13.7. The molecule has 0 aromatic heterocycles. The highest BCUT2D eigenvalue weighted by molar-refractivity contribution is 5.05. The number of hydrogen-bond donors (Lipinski definition) is 1. The lowest BCUT2D eigenvalue weighted by Gasteiger charge is -2.55. The van der Waals surface area contributed by atoms with E-state index < -0.39 is 0 Å². The molecule has 3 atom stereocenters. The van der Waals surface area contributed by atoms with E-state index in [1.54, 1.807) is 0 Å². The molecule has 1 aliphatic carbocycles. The van der Waals surface area contributed by atoms with Gasteiger partial charge in [0, 0.05) is 30.7 Å². The first-order chi connectivity index (χ1) is 9.46. The predicted octanol–water partition coefficient (Wildman–Crippen LogP) is 2.51. The van der Waals surface area contributed by atoms with E-state index in [9.17, 15) is 0 Å². The molecule has 3 aliphatic heterocycles. The van der Waals surface area contributed by atoms with Crippen LogP contribution in [0.15, 0.2) is 0 Å². The molecule has 0 amide bonds. The molecule has 3 unspecified atom stereocenters. The van der Waals surface area contributed by atoms with Gasteiger partial charge in [-0.1, -0.05) is 27.7 Å². The minimum absolute atomic E-state index is 0.293. The fourth-order valence-corrected chi connectivity index (χ4v) is 4.17. The largest absolute Gasteiger partial charge is 0.377 e. The average molecular weight is 280 g/mol. The van der Waals surface area contributed by atoms with E-state index in [1.807, 2.05) is 0 Å². The van der Waals surface area contributed by atoms with Crippen LogP contribution in [0.3, 0.4) is 0 Å². The van der Waals surface area contributed by atoms with Gasteiger partial charge in [-0.25, -0.2) is 0 Å². The van der Waals surface area contributed by atoms with Crippen LogP contribution < -0.4 is 5.32 Å². The number of rotatable bonds is 5. The Balaban J connectivity index is 1.50. The van der Waals surface area contributed by atoms with Gasteiger partial charge in [0.05, 0.1) is 6.10 Å². The smallest absolute Gasteiger partial charge is 0.0656 e. The molecular formula is C17H32N2O. The minimum Gasteiger partial charge on any atom is -0.377 e. The Hall–Kier alpha value is -0.120. The van der Waals surface area contributed by atoms with Crippen molar-refractivity contribution in [2.24, 2.45) is 17.3 Å². The molecule has 20 heavy (non-hydrogen) atoms. The van der Waals surface area contributed by atoms with Crippen LogP contribution in [-0.2, 0) is 4.74 Å². The SMILES string of the molecule is CC(C)COC1CC(NC2CN3CCC2CC3)C1(C)C. The van der Waals surface area contributed by atoms with Crippen molar-refractivity contribution in [1.29, 1.82) is 0 Å². The number of ether oxygens (including phenoxy) is 1. The van der Waals surface area contributed by atoms with Crippen LogP contribution in [0.25, 0.3) is 0 Å². The summed E-state index contributed by atoms with van der Waals surface area (Å²) in [5.74, 6) is 1.56. The first kappa shape index (κ1) is 14.8. The summed E-state index contributed by atoms with van der Waals surface area (Å²) in [6.07, 6.45) is 4.45. The second kappa shape index (κ2) is 5.58. The van der Waals surface area contributed by atoms with Crippen molar-refractivity contribution in [2.45, 2.75) is 65.1 Å². The fraction of sp³-hybridized carbons (Fsp3) is 1.00. The van der Waals surface area contributed by atoms with Crippen molar-refractivity contribution in [3.63, 3.8) is 0 Å². The minimum atomic E-state index is 0.293. The van der Waals surface area contributed by atoms with Gasteiger partial charge in [0.25, 0.3) is 0 Å². The summed E-state index contributed by atoms with van der Waals surface area (Å²) in [6.45, 7) is 14.0. The van der Waals surface area contributed by atoms with Crippen molar-refractivity contribution in [1.82, 2.24) is 10.2 Å². The van der Waals surface area contributed by atoms with E-state index in [0.717, 1.165) is 18.6 Å². The molecule has 4 fully saturated rings. The van der Waals surface area contributed by atoms with E-state index in [0.29, 0.717) is 23.5 Å². The van der Waals surface area contributed by atoms with Gasteiger partial charge in [-0.2, -0.15) is 0 Å². The standard InChI is InChI=1S/C17H32N2O/c1-12(2)11-20-16-9-15(17(16,3)4)18-14-10-19-7-5-13(14)6-8-19/h12-16,18H,5-11H2,1-4H3. The van der Waals surface area contributed by atoms with Gasteiger partial charge >= 0.3 is 0 Å². The third-order valence-corrected chi connectivity index (χ3v) is 5.88. The molecule has 116 valence electrons. The molecule has 4 aliphatic rings. The molecule has 2 bridgehead atoms. The van der Waals surface area contributed by atoms with Crippen molar-refractivity contribution in [3.05, 3.63) is 0 Å². The van der Waals surface area contributed by atoms with Crippen LogP contribution in [0.2, 0.25) is 0 Å². The molecule has 1 saturated carbocycles.